The van der Waals surface area contributed by atoms with Gasteiger partial charge in [-0.05, 0) is 25.0 Å². The average Bonchev–Trinajstić information content (AvgIpc) is 2.84. The summed E-state index contributed by atoms with van der Waals surface area (Å²) < 4.78 is 5.95. The van der Waals surface area contributed by atoms with Gasteiger partial charge in [-0.15, -0.1) is 11.3 Å². The summed E-state index contributed by atoms with van der Waals surface area (Å²) in [5.41, 5.74) is 3.69. The molecule has 1 aliphatic heterocycles. The number of fused-ring (bicyclic) bond motifs is 1. The first kappa shape index (κ1) is 13.6. The van der Waals surface area contributed by atoms with E-state index in [1.807, 2.05) is 11.3 Å². The van der Waals surface area contributed by atoms with Crippen molar-refractivity contribution >= 4 is 11.3 Å². The molecule has 0 radical (unpaired) electrons. The number of rotatable bonds is 4. The number of ether oxygens (including phenoxy) is 1. The lowest BCUT2D eigenvalue weighted by Crippen LogP contribution is -2.22. The molecule has 0 amide bonds. The highest BCUT2D eigenvalue weighted by atomic mass is 32.1. The summed E-state index contributed by atoms with van der Waals surface area (Å²) in [6.45, 7) is 6.91. The molecule has 4 heteroatoms. The van der Waals surface area contributed by atoms with E-state index in [9.17, 15) is 0 Å². The molecular weight excluding hydrogens is 268 g/mol. The van der Waals surface area contributed by atoms with Crippen LogP contribution in [-0.2, 0) is 19.4 Å². The molecule has 2 heterocycles. The molecule has 0 saturated carbocycles. The Balaban J connectivity index is 1.61. The quantitative estimate of drug-likeness (QED) is 0.939. The zero-order valence-corrected chi connectivity index (χ0v) is 12.8. The maximum absolute atomic E-state index is 5.95. The Morgan fingerprint density at radius 1 is 1.30 bits per heavy atom. The van der Waals surface area contributed by atoms with Crippen molar-refractivity contribution in [1.82, 2.24) is 10.3 Å². The number of hydrogen-bond donors (Lipinski definition) is 1. The smallest absolute Gasteiger partial charge is 0.125 e. The van der Waals surface area contributed by atoms with Crippen LogP contribution < -0.4 is 10.1 Å². The molecule has 20 heavy (non-hydrogen) atoms. The average molecular weight is 288 g/mol. The fourth-order valence-corrected chi connectivity index (χ4v) is 3.62. The van der Waals surface area contributed by atoms with Crippen molar-refractivity contribution in [3.05, 3.63) is 44.9 Å². The maximum Gasteiger partial charge on any atom is 0.125 e. The molecular formula is C16H20N2OS. The second-order valence-electron chi connectivity index (χ2n) is 5.22. The molecule has 1 aromatic carbocycles. The monoisotopic (exact) mass is 288 g/mol. The van der Waals surface area contributed by atoms with Gasteiger partial charge >= 0.3 is 0 Å². The van der Waals surface area contributed by atoms with E-state index >= 15 is 0 Å². The lowest BCUT2D eigenvalue weighted by Gasteiger charge is -2.10. The number of aromatic nitrogens is 1. The van der Waals surface area contributed by atoms with Gasteiger partial charge in [0.15, 0.2) is 0 Å². The van der Waals surface area contributed by atoms with Gasteiger partial charge in [0.2, 0.25) is 0 Å². The van der Waals surface area contributed by atoms with E-state index in [-0.39, 0.29) is 0 Å². The van der Waals surface area contributed by atoms with Crippen LogP contribution in [0.3, 0.4) is 0 Å². The summed E-state index contributed by atoms with van der Waals surface area (Å²) in [5, 5.41) is 4.59. The number of benzene rings is 1. The second kappa shape index (κ2) is 5.94. The summed E-state index contributed by atoms with van der Waals surface area (Å²) in [7, 11) is 0. The van der Waals surface area contributed by atoms with E-state index in [2.05, 4.69) is 37.4 Å². The maximum atomic E-state index is 5.95. The third kappa shape index (κ3) is 2.86. The first-order valence-corrected chi connectivity index (χ1v) is 7.93. The topological polar surface area (TPSA) is 34.1 Å². The highest BCUT2D eigenvalue weighted by molar-refractivity contribution is 7.11. The van der Waals surface area contributed by atoms with Gasteiger partial charge in [0, 0.05) is 30.8 Å². The second-order valence-corrected chi connectivity index (χ2v) is 6.39. The van der Waals surface area contributed by atoms with Gasteiger partial charge in [-0.3, -0.25) is 0 Å². The van der Waals surface area contributed by atoms with Crippen LogP contribution in [0, 0.1) is 13.8 Å². The molecule has 1 aliphatic rings. The van der Waals surface area contributed by atoms with Gasteiger partial charge in [-0.2, -0.15) is 0 Å². The third-order valence-electron chi connectivity index (χ3n) is 3.62. The van der Waals surface area contributed by atoms with E-state index in [4.69, 9.17) is 9.72 Å². The molecule has 2 aromatic rings. The van der Waals surface area contributed by atoms with Gasteiger partial charge < -0.3 is 10.1 Å². The first-order chi connectivity index (χ1) is 9.74. The summed E-state index contributed by atoms with van der Waals surface area (Å²) in [6.07, 6.45) is 1.95. The lowest BCUT2D eigenvalue weighted by atomic mass is 10.1. The fraction of sp³-hybridized carbons (Fsp3) is 0.438. The molecule has 0 fully saturated rings. The van der Waals surface area contributed by atoms with Gasteiger partial charge in [-0.1, -0.05) is 18.2 Å². The standard InChI is InChI=1S/C16H20N2OS/c1-11-4-3-5-12(2)16(11)19-9-7-15-18-13-6-8-17-10-14(13)20-15/h3-5,17H,6-10H2,1-2H3. The Hall–Kier alpha value is -1.39. The van der Waals surface area contributed by atoms with E-state index in [0.29, 0.717) is 6.61 Å². The van der Waals surface area contributed by atoms with Crippen LogP contribution in [0.2, 0.25) is 0 Å². The predicted octanol–water partition coefficient (Wildman–Crippen LogP) is 3.03. The summed E-state index contributed by atoms with van der Waals surface area (Å²) in [6, 6.07) is 6.26. The van der Waals surface area contributed by atoms with Crippen molar-refractivity contribution in [2.75, 3.05) is 13.2 Å². The minimum Gasteiger partial charge on any atom is -0.493 e. The van der Waals surface area contributed by atoms with Crippen LogP contribution in [0.4, 0.5) is 0 Å². The van der Waals surface area contributed by atoms with Crippen molar-refractivity contribution in [3.63, 3.8) is 0 Å². The highest BCUT2D eigenvalue weighted by Crippen LogP contribution is 2.24. The van der Waals surface area contributed by atoms with E-state index in [1.54, 1.807) is 0 Å². The van der Waals surface area contributed by atoms with Crippen LogP contribution in [0.25, 0.3) is 0 Å². The Morgan fingerprint density at radius 3 is 2.85 bits per heavy atom. The number of nitrogens with zero attached hydrogens (tertiary/aromatic N) is 1. The molecule has 0 atom stereocenters. The summed E-state index contributed by atoms with van der Waals surface area (Å²) >= 11 is 1.83. The predicted molar refractivity (Wildman–Crippen MR) is 82.6 cm³/mol. The number of nitrogens with one attached hydrogen (secondary N) is 1. The van der Waals surface area contributed by atoms with Crippen LogP contribution in [0.1, 0.15) is 26.7 Å². The van der Waals surface area contributed by atoms with Crippen molar-refractivity contribution in [1.29, 1.82) is 0 Å². The van der Waals surface area contributed by atoms with Gasteiger partial charge in [0.25, 0.3) is 0 Å². The molecule has 1 aromatic heterocycles. The van der Waals surface area contributed by atoms with Crippen molar-refractivity contribution in [2.45, 2.75) is 33.2 Å². The van der Waals surface area contributed by atoms with Gasteiger partial charge in [-0.25, -0.2) is 4.98 Å². The highest BCUT2D eigenvalue weighted by Gasteiger charge is 2.14. The van der Waals surface area contributed by atoms with Crippen molar-refractivity contribution < 1.29 is 4.74 Å². The van der Waals surface area contributed by atoms with Crippen LogP contribution in [-0.4, -0.2) is 18.1 Å². The number of aryl methyl sites for hydroxylation is 2. The number of thiazole rings is 1. The lowest BCUT2D eigenvalue weighted by molar-refractivity contribution is 0.317. The molecule has 106 valence electrons. The molecule has 3 nitrogen and oxygen atoms in total. The molecule has 0 saturated heterocycles. The molecule has 0 unspecified atom stereocenters. The number of hydrogen-bond acceptors (Lipinski definition) is 4. The van der Waals surface area contributed by atoms with Crippen LogP contribution >= 0.6 is 11.3 Å². The normalized spacial score (nSPS) is 14.1. The Morgan fingerprint density at radius 2 is 2.10 bits per heavy atom. The molecule has 0 bridgehead atoms. The van der Waals surface area contributed by atoms with E-state index in [1.165, 1.54) is 26.7 Å². The molecule has 0 spiro atoms. The van der Waals surface area contributed by atoms with Crippen molar-refractivity contribution in [3.8, 4) is 5.75 Å². The summed E-state index contributed by atoms with van der Waals surface area (Å²) in [4.78, 5) is 6.13. The zero-order valence-electron chi connectivity index (χ0n) is 12.0. The molecule has 1 N–H and O–H groups in total. The van der Waals surface area contributed by atoms with Gasteiger partial charge in [0.1, 0.15) is 5.75 Å². The minimum absolute atomic E-state index is 0.700. The largest absolute Gasteiger partial charge is 0.493 e. The first-order valence-electron chi connectivity index (χ1n) is 7.11. The van der Waals surface area contributed by atoms with E-state index < -0.39 is 0 Å². The van der Waals surface area contributed by atoms with Gasteiger partial charge in [0.05, 0.1) is 17.3 Å². The Labute approximate surface area is 124 Å². The fourth-order valence-electron chi connectivity index (χ4n) is 2.55. The SMILES string of the molecule is Cc1cccc(C)c1OCCc1nc2c(s1)CNCC2. The third-order valence-corrected chi connectivity index (χ3v) is 4.78. The van der Waals surface area contributed by atoms with Crippen LogP contribution in [0.15, 0.2) is 18.2 Å². The van der Waals surface area contributed by atoms with Crippen LogP contribution in [0.5, 0.6) is 5.75 Å². The minimum atomic E-state index is 0.700. The number of para-hydroxylation sites is 1. The van der Waals surface area contributed by atoms with E-state index in [0.717, 1.165) is 31.7 Å². The zero-order chi connectivity index (χ0) is 13.9. The van der Waals surface area contributed by atoms with Crippen molar-refractivity contribution in [2.24, 2.45) is 0 Å². The summed E-state index contributed by atoms with van der Waals surface area (Å²) in [5.74, 6) is 1.02. The Bertz CT molecular complexity index is 563. The Kier molecular flexibility index (Phi) is 4.03. The molecule has 3 rings (SSSR count). The molecule has 0 aliphatic carbocycles.